The number of carbonyl (C=O) groups excluding carboxylic acids is 1. The minimum Gasteiger partial charge on any atom is -0.319 e. The summed E-state index contributed by atoms with van der Waals surface area (Å²) in [7, 11) is 0. The Bertz CT molecular complexity index is 685. The van der Waals surface area contributed by atoms with Gasteiger partial charge in [0.05, 0.1) is 11.3 Å². The van der Waals surface area contributed by atoms with Crippen molar-refractivity contribution in [3.05, 3.63) is 47.8 Å². The summed E-state index contributed by atoms with van der Waals surface area (Å²) in [6, 6.07) is 5.21. The Morgan fingerprint density at radius 3 is 2.70 bits per heavy atom. The molecule has 0 radical (unpaired) electrons. The lowest BCUT2D eigenvalue weighted by molar-refractivity contribution is 0.102. The number of nitrogens with one attached hydrogen (secondary N) is 1. The van der Waals surface area contributed by atoms with Crippen molar-refractivity contribution in [2.45, 2.75) is 18.8 Å². The lowest BCUT2D eigenvalue weighted by atomic mass is 10.2. The first kappa shape index (κ1) is 12.2. The van der Waals surface area contributed by atoms with Crippen molar-refractivity contribution in [2.24, 2.45) is 0 Å². The Balaban J connectivity index is 1.77. The zero-order valence-corrected chi connectivity index (χ0v) is 10.6. The van der Waals surface area contributed by atoms with Crippen molar-refractivity contribution in [1.29, 1.82) is 5.26 Å². The van der Waals surface area contributed by atoms with Crippen molar-refractivity contribution in [2.75, 3.05) is 5.32 Å². The summed E-state index contributed by atoms with van der Waals surface area (Å²) in [5.74, 6) is 0.896. The molecule has 2 aromatic rings. The van der Waals surface area contributed by atoms with Crippen LogP contribution >= 0.6 is 0 Å². The molecule has 6 nitrogen and oxygen atoms in total. The van der Waals surface area contributed by atoms with E-state index < -0.39 is 0 Å². The summed E-state index contributed by atoms with van der Waals surface area (Å²) in [5, 5.41) is 11.6. The maximum Gasteiger partial charge on any atom is 0.258 e. The molecule has 1 saturated carbocycles. The van der Waals surface area contributed by atoms with Crippen molar-refractivity contribution < 1.29 is 4.79 Å². The Hall–Kier alpha value is -2.81. The highest BCUT2D eigenvalue weighted by Crippen LogP contribution is 2.37. The first-order valence-corrected chi connectivity index (χ1v) is 6.26. The molecule has 2 aromatic heterocycles. The Morgan fingerprint density at radius 2 is 2.05 bits per heavy atom. The van der Waals surface area contributed by atoms with E-state index in [-0.39, 0.29) is 11.6 Å². The number of aromatic nitrogens is 3. The minimum atomic E-state index is -0.350. The first-order valence-electron chi connectivity index (χ1n) is 6.26. The number of pyridine rings is 1. The van der Waals surface area contributed by atoms with E-state index in [2.05, 4.69) is 20.3 Å². The monoisotopic (exact) mass is 265 g/mol. The van der Waals surface area contributed by atoms with E-state index in [0.29, 0.717) is 17.2 Å². The van der Waals surface area contributed by atoms with Gasteiger partial charge in [0.15, 0.2) is 5.69 Å². The van der Waals surface area contributed by atoms with Crippen LogP contribution in [0.3, 0.4) is 0 Å². The van der Waals surface area contributed by atoms with Crippen LogP contribution in [0, 0.1) is 11.3 Å². The SMILES string of the molecule is N#Cc1ncccc1NC(=O)c1cnc(C2CC2)nc1. The van der Waals surface area contributed by atoms with Gasteiger partial charge in [0, 0.05) is 24.5 Å². The summed E-state index contributed by atoms with van der Waals surface area (Å²) in [4.78, 5) is 24.3. The molecule has 20 heavy (non-hydrogen) atoms. The van der Waals surface area contributed by atoms with E-state index in [1.165, 1.54) is 18.6 Å². The summed E-state index contributed by atoms with van der Waals surface area (Å²) in [5.41, 5.74) is 0.921. The molecule has 0 saturated heterocycles. The van der Waals surface area contributed by atoms with E-state index >= 15 is 0 Å². The molecule has 2 heterocycles. The highest BCUT2D eigenvalue weighted by molar-refractivity contribution is 6.04. The van der Waals surface area contributed by atoms with Crippen LogP contribution in [0.1, 0.15) is 40.6 Å². The molecule has 1 amide bonds. The largest absolute Gasteiger partial charge is 0.319 e. The van der Waals surface area contributed by atoms with Gasteiger partial charge >= 0.3 is 0 Å². The van der Waals surface area contributed by atoms with Crippen LogP contribution in [0.4, 0.5) is 5.69 Å². The van der Waals surface area contributed by atoms with Crippen molar-refractivity contribution in [1.82, 2.24) is 15.0 Å². The minimum absolute atomic E-state index is 0.177. The van der Waals surface area contributed by atoms with E-state index in [0.717, 1.165) is 18.7 Å². The lowest BCUT2D eigenvalue weighted by Gasteiger charge is -2.06. The Morgan fingerprint density at radius 1 is 1.30 bits per heavy atom. The van der Waals surface area contributed by atoms with Gasteiger partial charge in [-0.1, -0.05) is 0 Å². The zero-order valence-electron chi connectivity index (χ0n) is 10.6. The topological polar surface area (TPSA) is 91.6 Å². The molecule has 98 valence electrons. The quantitative estimate of drug-likeness (QED) is 0.914. The number of nitrogens with zero attached hydrogens (tertiary/aromatic N) is 4. The second kappa shape index (κ2) is 5.05. The summed E-state index contributed by atoms with van der Waals surface area (Å²) in [6.07, 6.45) is 6.76. The molecule has 0 atom stereocenters. The van der Waals surface area contributed by atoms with Gasteiger partial charge in [0.25, 0.3) is 5.91 Å². The predicted molar refractivity (Wildman–Crippen MR) is 70.9 cm³/mol. The Kier molecular flexibility index (Phi) is 3.09. The van der Waals surface area contributed by atoms with Gasteiger partial charge < -0.3 is 5.32 Å². The molecule has 1 N–H and O–H groups in total. The van der Waals surface area contributed by atoms with Crippen LogP contribution in [-0.4, -0.2) is 20.9 Å². The molecular formula is C14H11N5O. The van der Waals surface area contributed by atoms with E-state index in [4.69, 9.17) is 5.26 Å². The number of anilines is 1. The lowest BCUT2D eigenvalue weighted by Crippen LogP contribution is -2.14. The molecule has 1 fully saturated rings. The molecule has 0 spiro atoms. The molecule has 1 aliphatic rings. The van der Waals surface area contributed by atoms with Crippen molar-refractivity contribution in [3.8, 4) is 6.07 Å². The maximum absolute atomic E-state index is 12.1. The normalized spacial score (nSPS) is 13.6. The summed E-state index contributed by atoms with van der Waals surface area (Å²) in [6.45, 7) is 0. The van der Waals surface area contributed by atoms with Gasteiger partial charge in [-0.05, 0) is 25.0 Å². The number of rotatable bonds is 3. The van der Waals surface area contributed by atoms with Crippen LogP contribution in [-0.2, 0) is 0 Å². The first-order chi connectivity index (χ1) is 9.78. The van der Waals surface area contributed by atoms with Gasteiger partial charge in [-0.25, -0.2) is 15.0 Å². The van der Waals surface area contributed by atoms with Crippen LogP contribution in [0.5, 0.6) is 0 Å². The maximum atomic E-state index is 12.1. The zero-order chi connectivity index (χ0) is 13.9. The van der Waals surface area contributed by atoms with Gasteiger partial charge in [0.1, 0.15) is 11.9 Å². The fourth-order valence-electron chi connectivity index (χ4n) is 1.80. The van der Waals surface area contributed by atoms with Crippen molar-refractivity contribution >= 4 is 11.6 Å². The van der Waals surface area contributed by atoms with Crippen LogP contribution < -0.4 is 5.32 Å². The number of nitriles is 1. The third-order valence-electron chi connectivity index (χ3n) is 3.04. The standard InChI is InChI=1S/C14H11N5O/c15-6-12-11(2-1-5-16-12)19-14(20)10-7-17-13(18-8-10)9-3-4-9/h1-2,5,7-9H,3-4H2,(H,19,20). The number of carbonyl (C=O) groups is 1. The highest BCUT2D eigenvalue weighted by atomic mass is 16.1. The molecule has 0 aromatic carbocycles. The third-order valence-corrected chi connectivity index (χ3v) is 3.04. The molecule has 1 aliphatic carbocycles. The second-order valence-corrected chi connectivity index (χ2v) is 4.57. The van der Waals surface area contributed by atoms with Gasteiger partial charge in [-0.15, -0.1) is 0 Å². The average molecular weight is 265 g/mol. The number of hydrogen-bond acceptors (Lipinski definition) is 5. The van der Waals surface area contributed by atoms with Gasteiger partial charge in [-0.2, -0.15) is 5.26 Å². The smallest absolute Gasteiger partial charge is 0.258 e. The molecule has 6 heteroatoms. The second-order valence-electron chi connectivity index (χ2n) is 4.57. The van der Waals surface area contributed by atoms with Crippen molar-refractivity contribution in [3.63, 3.8) is 0 Å². The van der Waals surface area contributed by atoms with E-state index in [1.807, 2.05) is 6.07 Å². The third kappa shape index (κ3) is 2.47. The average Bonchev–Trinajstić information content (AvgIpc) is 3.32. The molecule has 0 unspecified atom stereocenters. The van der Waals surface area contributed by atoms with Crippen LogP contribution in [0.15, 0.2) is 30.7 Å². The molecular weight excluding hydrogens is 254 g/mol. The summed E-state index contributed by atoms with van der Waals surface area (Å²) >= 11 is 0. The van der Waals surface area contributed by atoms with Gasteiger partial charge in [0.2, 0.25) is 0 Å². The fourth-order valence-corrected chi connectivity index (χ4v) is 1.80. The van der Waals surface area contributed by atoms with Crippen LogP contribution in [0.2, 0.25) is 0 Å². The van der Waals surface area contributed by atoms with E-state index in [9.17, 15) is 4.79 Å². The summed E-state index contributed by atoms with van der Waals surface area (Å²) < 4.78 is 0. The Labute approximate surface area is 115 Å². The van der Waals surface area contributed by atoms with Crippen LogP contribution in [0.25, 0.3) is 0 Å². The molecule has 0 bridgehead atoms. The predicted octanol–water partition coefficient (Wildman–Crippen LogP) is 1.87. The highest BCUT2D eigenvalue weighted by Gasteiger charge is 2.26. The fraction of sp³-hybridized carbons (Fsp3) is 0.214. The number of hydrogen-bond donors (Lipinski definition) is 1. The van der Waals surface area contributed by atoms with Gasteiger partial charge in [-0.3, -0.25) is 4.79 Å². The van der Waals surface area contributed by atoms with E-state index in [1.54, 1.807) is 12.1 Å². The molecule has 0 aliphatic heterocycles. The molecule has 3 rings (SSSR count). The number of amides is 1.